The average Bonchev–Trinajstić information content (AvgIpc) is 2.81. The van der Waals surface area contributed by atoms with E-state index in [9.17, 15) is 9.59 Å². The van der Waals surface area contributed by atoms with Gasteiger partial charge < -0.3 is 0 Å². The maximum absolute atomic E-state index is 12.8. The molecule has 0 spiro atoms. The molecule has 1 saturated carbocycles. The van der Waals surface area contributed by atoms with Gasteiger partial charge in [-0.3, -0.25) is 14.5 Å². The second kappa shape index (κ2) is 8.12. The fourth-order valence-electron chi connectivity index (χ4n) is 4.59. The highest BCUT2D eigenvalue weighted by Gasteiger charge is 2.49. The Balaban J connectivity index is 1.66. The quantitative estimate of drug-likeness (QED) is 0.523. The van der Waals surface area contributed by atoms with E-state index in [1.807, 2.05) is 0 Å². The monoisotopic (exact) mass is 317 g/mol. The van der Waals surface area contributed by atoms with Crippen LogP contribution in [0.5, 0.6) is 0 Å². The van der Waals surface area contributed by atoms with Crippen LogP contribution < -0.4 is 0 Å². The summed E-state index contributed by atoms with van der Waals surface area (Å²) in [4.78, 5) is 27.3. The van der Waals surface area contributed by atoms with Crippen molar-refractivity contribution < 1.29 is 9.59 Å². The van der Waals surface area contributed by atoms with Crippen molar-refractivity contribution in [3.63, 3.8) is 0 Å². The largest absolute Gasteiger partial charge is 0.279 e. The molecule has 0 aromatic heterocycles. The summed E-state index contributed by atoms with van der Waals surface area (Å²) in [6.45, 7) is 0. The number of carbonyl (C=O) groups excluding carboxylic acids is 2. The van der Waals surface area contributed by atoms with Crippen molar-refractivity contribution in [1.29, 1.82) is 0 Å². The molecule has 23 heavy (non-hydrogen) atoms. The number of likely N-dealkylation sites (tertiary alicyclic amines) is 1. The highest BCUT2D eigenvalue weighted by Crippen LogP contribution is 2.37. The van der Waals surface area contributed by atoms with Gasteiger partial charge in [-0.2, -0.15) is 0 Å². The molecular weight excluding hydrogens is 286 g/mol. The van der Waals surface area contributed by atoms with Crippen LogP contribution in [0.1, 0.15) is 83.5 Å². The van der Waals surface area contributed by atoms with Gasteiger partial charge in [0.25, 0.3) is 0 Å². The van der Waals surface area contributed by atoms with E-state index in [0.29, 0.717) is 0 Å². The van der Waals surface area contributed by atoms with E-state index in [0.717, 1.165) is 38.5 Å². The molecule has 3 heteroatoms. The van der Waals surface area contributed by atoms with Crippen LogP contribution in [0.3, 0.4) is 0 Å². The van der Waals surface area contributed by atoms with E-state index in [1.54, 1.807) is 4.90 Å². The van der Waals surface area contributed by atoms with Gasteiger partial charge in [0.15, 0.2) is 0 Å². The Morgan fingerprint density at radius 3 is 1.48 bits per heavy atom. The van der Waals surface area contributed by atoms with Crippen molar-refractivity contribution in [1.82, 2.24) is 4.90 Å². The summed E-state index contributed by atoms with van der Waals surface area (Å²) >= 11 is 0. The zero-order valence-corrected chi connectivity index (χ0v) is 14.3. The molecule has 1 saturated heterocycles. The Bertz CT molecular complexity index is 419. The number of allylic oxidation sites excluding steroid dienone is 2. The third-order valence-corrected chi connectivity index (χ3v) is 5.98. The van der Waals surface area contributed by atoms with Crippen molar-refractivity contribution in [2.45, 2.75) is 89.5 Å². The first-order chi connectivity index (χ1) is 11.3. The van der Waals surface area contributed by atoms with E-state index in [1.165, 1.54) is 44.9 Å². The number of amides is 2. The molecule has 1 aliphatic heterocycles. The van der Waals surface area contributed by atoms with Gasteiger partial charge in [0, 0.05) is 6.04 Å². The lowest BCUT2D eigenvalue weighted by atomic mass is 9.85. The van der Waals surface area contributed by atoms with Crippen LogP contribution in [0.2, 0.25) is 0 Å². The van der Waals surface area contributed by atoms with Crippen LogP contribution in [-0.2, 0) is 9.59 Å². The molecule has 0 unspecified atom stereocenters. The second-order valence-corrected chi connectivity index (χ2v) is 7.62. The van der Waals surface area contributed by atoms with Gasteiger partial charge in [-0.25, -0.2) is 0 Å². The van der Waals surface area contributed by atoms with Gasteiger partial charge in [0.2, 0.25) is 11.8 Å². The number of nitrogens with zero attached hydrogens (tertiary/aromatic N) is 1. The third-order valence-electron chi connectivity index (χ3n) is 5.98. The third kappa shape index (κ3) is 3.87. The fourth-order valence-corrected chi connectivity index (χ4v) is 4.59. The minimum Gasteiger partial charge on any atom is -0.279 e. The molecule has 0 N–H and O–H groups in total. The Hall–Kier alpha value is -1.12. The van der Waals surface area contributed by atoms with E-state index < -0.39 is 0 Å². The van der Waals surface area contributed by atoms with Gasteiger partial charge >= 0.3 is 0 Å². The molecule has 128 valence electrons. The normalized spacial score (nSPS) is 31.6. The highest BCUT2D eigenvalue weighted by atomic mass is 16.2. The van der Waals surface area contributed by atoms with Crippen molar-refractivity contribution in [3.05, 3.63) is 12.2 Å². The van der Waals surface area contributed by atoms with Crippen molar-refractivity contribution in [2.75, 3.05) is 0 Å². The van der Waals surface area contributed by atoms with Crippen molar-refractivity contribution in [3.8, 4) is 0 Å². The molecule has 2 fully saturated rings. The molecule has 1 heterocycles. The molecule has 2 aliphatic carbocycles. The zero-order valence-electron chi connectivity index (χ0n) is 14.3. The Kier molecular flexibility index (Phi) is 5.91. The first-order valence-corrected chi connectivity index (χ1v) is 9.81. The van der Waals surface area contributed by atoms with E-state index in [2.05, 4.69) is 12.2 Å². The Morgan fingerprint density at radius 1 is 0.652 bits per heavy atom. The molecule has 0 aromatic carbocycles. The topological polar surface area (TPSA) is 37.4 Å². The summed E-state index contributed by atoms with van der Waals surface area (Å²) in [6, 6.07) is 0.167. The van der Waals surface area contributed by atoms with Crippen LogP contribution in [0.4, 0.5) is 0 Å². The second-order valence-electron chi connectivity index (χ2n) is 7.62. The van der Waals surface area contributed by atoms with Crippen LogP contribution in [0.15, 0.2) is 12.2 Å². The molecule has 0 aromatic rings. The average molecular weight is 317 g/mol. The molecule has 3 aliphatic rings. The number of fused-ring (bicyclic) bond motifs is 1. The maximum atomic E-state index is 12.8. The van der Waals surface area contributed by atoms with E-state index in [-0.39, 0.29) is 29.7 Å². The summed E-state index contributed by atoms with van der Waals surface area (Å²) in [5, 5.41) is 0. The van der Waals surface area contributed by atoms with Crippen LogP contribution in [0.25, 0.3) is 0 Å². The van der Waals surface area contributed by atoms with Crippen LogP contribution >= 0.6 is 0 Å². The Labute approximate surface area is 140 Å². The van der Waals surface area contributed by atoms with Crippen LogP contribution in [-0.4, -0.2) is 22.8 Å². The van der Waals surface area contributed by atoms with Gasteiger partial charge in [-0.15, -0.1) is 0 Å². The minimum atomic E-state index is -0.0612. The summed E-state index contributed by atoms with van der Waals surface area (Å²) < 4.78 is 0. The molecular formula is C20H31NO2. The highest BCUT2D eigenvalue weighted by molar-refractivity contribution is 6.05. The van der Waals surface area contributed by atoms with Gasteiger partial charge in [0.1, 0.15) is 0 Å². The predicted octanol–water partition coefficient (Wildman–Crippen LogP) is 4.61. The van der Waals surface area contributed by atoms with E-state index >= 15 is 0 Å². The van der Waals surface area contributed by atoms with Crippen molar-refractivity contribution >= 4 is 11.8 Å². The summed E-state index contributed by atoms with van der Waals surface area (Å²) in [5.74, 6) is 0.130. The zero-order chi connectivity index (χ0) is 16.1. The lowest BCUT2D eigenvalue weighted by Crippen LogP contribution is -2.40. The summed E-state index contributed by atoms with van der Waals surface area (Å²) in [5.41, 5.74) is 0. The minimum absolute atomic E-state index is 0.0612. The standard InChI is InChI=1S/C20H31NO2/c22-19-17-14-10-11-15-18(17)20(23)21(19)16-12-8-6-4-2-1-3-5-7-9-13-16/h10-11,16-18H,1-9,12-15H2/t17-,18+. The maximum Gasteiger partial charge on any atom is 0.233 e. The molecule has 0 radical (unpaired) electrons. The number of rotatable bonds is 1. The van der Waals surface area contributed by atoms with Gasteiger partial charge in [0.05, 0.1) is 11.8 Å². The first-order valence-electron chi connectivity index (χ1n) is 9.81. The molecule has 3 rings (SSSR count). The smallest absolute Gasteiger partial charge is 0.233 e. The molecule has 0 bridgehead atoms. The number of imide groups is 1. The SMILES string of the molecule is O=C1[C@H]2CC=CC[C@H]2C(=O)N1C1CCCCCCCCCCC1. The number of carbonyl (C=O) groups is 2. The molecule has 2 atom stereocenters. The predicted molar refractivity (Wildman–Crippen MR) is 91.8 cm³/mol. The lowest BCUT2D eigenvalue weighted by Gasteiger charge is -2.27. The van der Waals surface area contributed by atoms with Gasteiger partial charge in [-0.05, 0) is 25.7 Å². The van der Waals surface area contributed by atoms with Crippen molar-refractivity contribution in [2.24, 2.45) is 11.8 Å². The van der Waals surface area contributed by atoms with Gasteiger partial charge in [-0.1, -0.05) is 69.9 Å². The number of hydrogen-bond acceptors (Lipinski definition) is 2. The molecule has 2 amide bonds. The fraction of sp³-hybridized carbons (Fsp3) is 0.800. The first kappa shape index (κ1) is 16.7. The van der Waals surface area contributed by atoms with Crippen LogP contribution in [0, 0.1) is 11.8 Å². The summed E-state index contributed by atoms with van der Waals surface area (Å²) in [7, 11) is 0. The summed E-state index contributed by atoms with van der Waals surface area (Å²) in [6.07, 6.45) is 19.2. The number of hydrogen-bond donors (Lipinski definition) is 0. The van der Waals surface area contributed by atoms with E-state index in [4.69, 9.17) is 0 Å². The Morgan fingerprint density at radius 2 is 1.04 bits per heavy atom. The molecule has 3 nitrogen and oxygen atoms in total. The lowest BCUT2D eigenvalue weighted by molar-refractivity contribution is -0.143.